The second kappa shape index (κ2) is 4.92. The third-order valence-electron chi connectivity index (χ3n) is 0.733. The van der Waals surface area contributed by atoms with Gasteiger partial charge in [0, 0.05) is 5.38 Å². The molecule has 0 rings (SSSR count). The van der Waals surface area contributed by atoms with E-state index in [2.05, 4.69) is 6.58 Å². The monoisotopic (exact) mass is 130 g/mol. The van der Waals surface area contributed by atoms with Crippen molar-refractivity contribution < 1.29 is 0 Å². The second-order valence-corrected chi connectivity index (χ2v) is 2.43. The van der Waals surface area contributed by atoms with Crippen molar-refractivity contribution in [2.45, 2.75) is 18.7 Å². The lowest BCUT2D eigenvalue weighted by molar-refractivity contribution is 0.969. The van der Waals surface area contributed by atoms with Gasteiger partial charge in [-0.1, -0.05) is 24.8 Å². The number of hydrogen-bond acceptors (Lipinski definition) is 0. The van der Waals surface area contributed by atoms with Gasteiger partial charge >= 0.3 is 0 Å². The minimum atomic E-state index is 0.242. The fraction of sp³-hybridized carbons (Fsp3) is 0.429. The van der Waals surface area contributed by atoms with E-state index in [1.54, 1.807) is 6.08 Å². The Kier molecular flexibility index (Phi) is 4.78. The Morgan fingerprint density at radius 2 is 2.38 bits per heavy atom. The van der Waals surface area contributed by atoms with Crippen LogP contribution in [-0.4, -0.2) is 5.38 Å². The van der Waals surface area contributed by atoms with Gasteiger partial charge < -0.3 is 0 Å². The van der Waals surface area contributed by atoms with Crippen molar-refractivity contribution in [3.05, 3.63) is 24.8 Å². The van der Waals surface area contributed by atoms with Crippen molar-refractivity contribution in [3.8, 4) is 0 Å². The molecule has 0 amide bonds. The molecule has 0 aromatic heterocycles. The molecule has 8 heavy (non-hydrogen) atoms. The van der Waals surface area contributed by atoms with Gasteiger partial charge in [0.2, 0.25) is 0 Å². The van der Waals surface area contributed by atoms with Gasteiger partial charge in [-0.25, -0.2) is 0 Å². The first-order chi connectivity index (χ1) is 3.77. The Balaban J connectivity index is 3.15. The molecule has 0 saturated carbocycles. The lowest BCUT2D eigenvalue weighted by Gasteiger charge is -1.91. The van der Waals surface area contributed by atoms with E-state index >= 15 is 0 Å². The topological polar surface area (TPSA) is 0 Å². The molecule has 0 aliphatic carbocycles. The molecule has 0 aromatic rings. The average molecular weight is 131 g/mol. The standard InChI is InChI=1S/C7H11Cl/c1-3-4-5-6-7(2)8/h3-5,7H,1,6H2,2H3. The van der Waals surface area contributed by atoms with Crippen LogP contribution in [0.3, 0.4) is 0 Å². The van der Waals surface area contributed by atoms with Gasteiger partial charge in [0.1, 0.15) is 0 Å². The number of rotatable bonds is 3. The summed E-state index contributed by atoms with van der Waals surface area (Å²) < 4.78 is 0. The van der Waals surface area contributed by atoms with E-state index in [9.17, 15) is 0 Å². The van der Waals surface area contributed by atoms with Gasteiger partial charge in [-0.05, 0) is 13.3 Å². The molecular formula is C7H11Cl. The smallest absolute Gasteiger partial charge is 0.0342 e. The molecule has 0 aliphatic rings. The van der Waals surface area contributed by atoms with E-state index in [4.69, 9.17) is 11.6 Å². The van der Waals surface area contributed by atoms with Gasteiger partial charge in [-0.2, -0.15) is 0 Å². The Hall–Kier alpha value is -0.230. The summed E-state index contributed by atoms with van der Waals surface area (Å²) >= 11 is 5.63. The van der Waals surface area contributed by atoms with Crippen LogP contribution in [0.4, 0.5) is 0 Å². The van der Waals surface area contributed by atoms with E-state index < -0.39 is 0 Å². The zero-order chi connectivity index (χ0) is 6.41. The molecule has 0 aromatic carbocycles. The van der Waals surface area contributed by atoms with Crippen LogP contribution in [0.25, 0.3) is 0 Å². The quantitative estimate of drug-likeness (QED) is 0.407. The van der Waals surface area contributed by atoms with Gasteiger partial charge in [0.05, 0.1) is 0 Å². The van der Waals surface area contributed by atoms with Gasteiger partial charge in [0.15, 0.2) is 0 Å². The summed E-state index contributed by atoms with van der Waals surface area (Å²) in [5.74, 6) is 0. The van der Waals surface area contributed by atoms with E-state index in [1.807, 2.05) is 19.1 Å². The van der Waals surface area contributed by atoms with Crippen molar-refractivity contribution in [3.63, 3.8) is 0 Å². The highest BCUT2D eigenvalue weighted by molar-refractivity contribution is 6.20. The fourth-order valence-corrected chi connectivity index (χ4v) is 0.465. The zero-order valence-corrected chi connectivity index (χ0v) is 5.86. The van der Waals surface area contributed by atoms with Crippen molar-refractivity contribution in [1.82, 2.24) is 0 Å². The lowest BCUT2D eigenvalue weighted by atomic mass is 10.3. The zero-order valence-electron chi connectivity index (χ0n) is 5.10. The van der Waals surface area contributed by atoms with Crippen molar-refractivity contribution >= 4 is 11.6 Å². The maximum Gasteiger partial charge on any atom is 0.0342 e. The summed E-state index contributed by atoms with van der Waals surface area (Å²) in [7, 11) is 0. The van der Waals surface area contributed by atoms with E-state index in [1.165, 1.54) is 0 Å². The molecule has 1 heteroatoms. The van der Waals surface area contributed by atoms with E-state index in [0.717, 1.165) is 6.42 Å². The molecule has 0 bridgehead atoms. The van der Waals surface area contributed by atoms with Crippen LogP contribution in [0.15, 0.2) is 24.8 Å². The molecule has 0 radical (unpaired) electrons. The summed E-state index contributed by atoms with van der Waals surface area (Å²) in [6, 6.07) is 0. The van der Waals surface area contributed by atoms with E-state index in [0.29, 0.717) is 0 Å². The number of alkyl halides is 1. The first kappa shape index (κ1) is 7.77. The summed E-state index contributed by atoms with van der Waals surface area (Å²) in [4.78, 5) is 0. The Morgan fingerprint density at radius 3 is 2.75 bits per heavy atom. The molecule has 0 aliphatic heterocycles. The molecule has 0 nitrogen and oxygen atoms in total. The highest BCUT2D eigenvalue weighted by Gasteiger charge is 1.87. The molecule has 0 fully saturated rings. The normalized spacial score (nSPS) is 14.2. The molecule has 0 heterocycles. The minimum absolute atomic E-state index is 0.242. The maximum atomic E-state index is 5.63. The van der Waals surface area contributed by atoms with Crippen LogP contribution in [0.1, 0.15) is 13.3 Å². The minimum Gasteiger partial charge on any atom is -0.123 e. The van der Waals surface area contributed by atoms with Crippen LogP contribution in [0.5, 0.6) is 0 Å². The fourth-order valence-electron chi connectivity index (χ4n) is 0.362. The van der Waals surface area contributed by atoms with Crippen LogP contribution in [0, 0.1) is 0 Å². The molecular weight excluding hydrogens is 120 g/mol. The van der Waals surface area contributed by atoms with Crippen LogP contribution < -0.4 is 0 Å². The Bertz CT molecular complexity index is 82.4. The van der Waals surface area contributed by atoms with Gasteiger partial charge in [0.25, 0.3) is 0 Å². The summed E-state index contributed by atoms with van der Waals surface area (Å²) in [6.45, 7) is 5.49. The van der Waals surface area contributed by atoms with Crippen LogP contribution in [-0.2, 0) is 0 Å². The number of halogens is 1. The summed E-state index contributed by atoms with van der Waals surface area (Å²) in [5.41, 5.74) is 0. The largest absolute Gasteiger partial charge is 0.123 e. The Labute approximate surface area is 55.9 Å². The van der Waals surface area contributed by atoms with Crippen LogP contribution >= 0.6 is 11.6 Å². The molecule has 1 atom stereocenters. The van der Waals surface area contributed by atoms with Crippen LogP contribution in [0.2, 0.25) is 0 Å². The molecule has 46 valence electrons. The first-order valence-electron chi connectivity index (χ1n) is 2.69. The maximum absolute atomic E-state index is 5.63. The lowest BCUT2D eigenvalue weighted by Crippen LogP contribution is -1.84. The predicted octanol–water partition coefficient (Wildman–Crippen LogP) is 2.75. The van der Waals surface area contributed by atoms with E-state index in [-0.39, 0.29) is 5.38 Å². The van der Waals surface area contributed by atoms with Crippen molar-refractivity contribution in [1.29, 1.82) is 0 Å². The SMILES string of the molecule is C=CC=CCC(C)Cl. The first-order valence-corrected chi connectivity index (χ1v) is 3.12. The average Bonchev–Trinajstić information content (AvgIpc) is 1.66. The van der Waals surface area contributed by atoms with Crippen molar-refractivity contribution in [2.75, 3.05) is 0 Å². The van der Waals surface area contributed by atoms with Gasteiger partial charge in [-0.15, -0.1) is 11.6 Å². The molecule has 0 saturated heterocycles. The number of allylic oxidation sites excluding steroid dienone is 3. The molecule has 1 unspecified atom stereocenters. The molecule has 0 spiro atoms. The predicted molar refractivity (Wildman–Crippen MR) is 39.3 cm³/mol. The highest BCUT2D eigenvalue weighted by Crippen LogP contribution is 1.99. The molecule has 0 N–H and O–H groups in total. The third-order valence-corrected chi connectivity index (χ3v) is 0.911. The number of hydrogen-bond donors (Lipinski definition) is 0. The summed E-state index contributed by atoms with van der Waals surface area (Å²) in [5, 5.41) is 0.242. The van der Waals surface area contributed by atoms with Crippen molar-refractivity contribution in [2.24, 2.45) is 0 Å². The summed E-state index contributed by atoms with van der Waals surface area (Å²) in [6.07, 6.45) is 6.58. The van der Waals surface area contributed by atoms with Gasteiger partial charge in [-0.3, -0.25) is 0 Å². The third kappa shape index (κ3) is 5.77. The second-order valence-electron chi connectivity index (χ2n) is 1.68. The highest BCUT2D eigenvalue weighted by atomic mass is 35.5. The Morgan fingerprint density at radius 1 is 1.75 bits per heavy atom.